The molecule has 3 aliphatic carbocycles. The summed E-state index contributed by atoms with van der Waals surface area (Å²) >= 11 is 0. The first-order chi connectivity index (χ1) is 11.3. The van der Waals surface area contributed by atoms with E-state index in [1.807, 2.05) is 6.08 Å². The van der Waals surface area contributed by atoms with E-state index in [2.05, 4.69) is 20.8 Å². The van der Waals surface area contributed by atoms with Crippen molar-refractivity contribution in [2.24, 2.45) is 22.7 Å². The largest absolute Gasteiger partial charge is 0.396 e. The van der Waals surface area contributed by atoms with Crippen molar-refractivity contribution < 1.29 is 19.4 Å². The Balaban J connectivity index is 1.83. The van der Waals surface area contributed by atoms with Gasteiger partial charge in [-0.3, -0.25) is 9.59 Å². The number of ether oxygens (including phenoxy) is 1. The maximum atomic E-state index is 13.0. The molecule has 0 bridgehead atoms. The second-order valence-electron chi connectivity index (χ2n) is 9.07. The average Bonchev–Trinajstić information content (AvgIpc) is 3.22. The Morgan fingerprint density at radius 3 is 2.71 bits per heavy atom. The Kier molecular flexibility index (Phi) is 3.29. The van der Waals surface area contributed by atoms with Gasteiger partial charge in [-0.05, 0) is 43.1 Å². The van der Waals surface area contributed by atoms with Crippen LogP contribution in [0.1, 0.15) is 59.3 Å². The fraction of sp³-hybridized carbons (Fsp3) is 0.800. The zero-order valence-electron chi connectivity index (χ0n) is 14.9. The second kappa shape index (κ2) is 4.79. The minimum Gasteiger partial charge on any atom is -0.396 e. The van der Waals surface area contributed by atoms with Crippen molar-refractivity contribution in [1.29, 1.82) is 0 Å². The smallest absolute Gasteiger partial charge is 0.146 e. The number of aliphatic hydroxyl groups excluding tert-OH is 1. The molecule has 6 atom stereocenters. The highest BCUT2D eigenvalue weighted by Gasteiger charge is 2.87. The molecule has 1 N–H and O–H groups in total. The van der Waals surface area contributed by atoms with E-state index >= 15 is 0 Å². The number of allylic oxidation sites excluding steroid dienone is 2. The Bertz CT molecular complexity index is 640. The van der Waals surface area contributed by atoms with Crippen LogP contribution in [0.25, 0.3) is 0 Å². The van der Waals surface area contributed by atoms with Crippen LogP contribution in [-0.4, -0.2) is 35.0 Å². The van der Waals surface area contributed by atoms with Crippen LogP contribution in [0, 0.1) is 22.7 Å². The number of aliphatic hydroxyl groups is 1. The van der Waals surface area contributed by atoms with Crippen molar-refractivity contribution in [3.8, 4) is 0 Å². The quantitative estimate of drug-likeness (QED) is 0.637. The van der Waals surface area contributed by atoms with Crippen LogP contribution >= 0.6 is 0 Å². The number of carbonyl (C=O) groups is 2. The van der Waals surface area contributed by atoms with Crippen molar-refractivity contribution >= 4 is 12.1 Å². The molecule has 0 aromatic carbocycles. The van der Waals surface area contributed by atoms with Crippen LogP contribution in [-0.2, 0) is 14.3 Å². The molecule has 4 nitrogen and oxygen atoms in total. The molecule has 4 heteroatoms. The highest BCUT2D eigenvalue weighted by Crippen LogP contribution is 2.80. The number of aldehydes is 1. The van der Waals surface area contributed by atoms with Gasteiger partial charge < -0.3 is 9.84 Å². The molecule has 4 aliphatic rings. The molecule has 0 aromatic heterocycles. The molecule has 0 aromatic rings. The number of carbonyl (C=O) groups excluding carboxylic acids is 2. The van der Waals surface area contributed by atoms with Gasteiger partial charge in [-0.2, -0.15) is 0 Å². The van der Waals surface area contributed by atoms with Gasteiger partial charge in [-0.15, -0.1) is 0 Å². The molecule has 1 spiro atoms. The lowest BCUT2D eigenvalue weighted by molar-refractivity contribution is -0.141. The van der Waals surface area contributed by atoms with Crippen LogP contribution in [0.3, 0.4) is 0 Å². The van der Waals surface area contributed by atoms with Gasteiger partial charge in [0, 0.05) is 30.3 Å². The number of ketones is 1. The predicted octanol–water partition coefficient (Wildman–Crippen LogP) is 2.83. The third kappa shape index (κ3) is 1.62. The van der Waals surface area contributed by atoms with Gasteiger partial charge in [0.1, 0.15) is 23.3 Å². The van der Waals surface area contributed by atoms with Gasteiger partial charge in [0.05, 0.1) is 0 Å². The van der Waals surface area contributed by atoms with E-state index in [0.717, 1.165) is 38.4 Å². The van der Waals surface area contributed by atoms with Gasteiger partial charge in [0.25, 0.3) is 0 Å². The summed E-state index contributed by atoms with van der Waals surface area (Å²) < 4.78 is 6.57. The fourth-order valence-electron chi connectivity index (χ4n) is 6.47. The molecule has 4 rings (SSSR count). The minimum atomic E-state index is -0.429. The second-order valence-corrected chi connectivity index (χ2v) is 9.07. The summed E-state index contributed by atoms with van der Waals surface area (Å²) in [5, 5.41) is 9.80. The molecule has 1 heterocycles. The van der Waals surface area contributed by atoms with E-state index in [4.69, 9.17) is 4.74 Å². The number of epoxide rings is 1. The monoisotopic (exact) mass is 332 g/mol. The predicted molar refractivity (Wildman–Crippen MR) is 89.4 cm³/mol. The summed E-state index contributed by atoms with van der Waals surface area (Å²) in [6.07, 6.45) is 7.72. The SMILES string of the molecule is CC(CO)[C@]12CC[C@]3(C)CC[C@@]4(C)C(=O)CC(C=O)=CC[C@@H]4[C@@]31O2. The molecule has 1 unspecified atom stereocenters. The van der Waals surface area contributed by atoms with Crippen molar-refractivity contribution in [3.05, 3.63) is 11.6 Å². The maximum absolute atomic E-state index is 13.0. The van der Waals surface area contributed by atoms with E-state index < -0.39 is 5.41 Å². The van der Waals surface area contributed by atoms with Gasteiger partial charge in [0.15, 0.2) is 0 Å². The summed E-state index contributed by atoms with van der Waals surface area (Å²) in [5.41, 5.74) is -0.349. The van der Waals surface area contributed by atoms with Crippen LogP contribution in [0.15, 0.2) is 11.6 Å². The number of hydrogen-bond acceptors (Lipinski definition) is 4. The van der Waals surface area contributed by atoms with Crippen LogP contribution in [0.2, 0.25) is 0 Å². The molecule has 132 valence electrons. The molecule has 2 saturated carbocycles. The first-order valence-corrected chi connectivity index (χ1v) is 9.28. The van der Waals surface area contributed by atoms with Crippen molar-refractivity contribution in [2.45, 2.75) is 70.5 Å². The molecular formula is C20H28O4. The zero-order valence-corrected chi connectivity index (χ0v) is 14.9. The summed E-state index contributed by atoms with van der Waals surface area (Å²) in [4.78, 5) is 24.3. The Hall–Kier alpha value is -1.00. The normalized spacial score (nSPS) is 50.9. The number of hydrogen-bond donors (Lipinski definition) is 1. The van der Waals surface area contributed by atoms with E-state index in [0.29, 0.717) is 5.57 Å². The Morgan fingerprint density at radius 2 is 2.04 bits per heavy atom. The molecule has 1 aliphatic heterocycles. The first-order valence-electron chi connectivity index (χ1n) is 9.28. The van der Waals surface area contributed by atoms with Crippen LogP contribution in [0.4, 0.5) is 0 Å². The lowest BCUT2D eigenvalue weighted by Crippen LogP contribution is -2.56. The summed E-state index contributed by atoms with van der Waals surface area (Å²) in [5.74, 6) is 0.368. The van der Waals surface area contributed by atoms with Gasteiger partial charge >= 0.3 is 0 Å². The van der Waals surface area contributed by atoms with Gasteiger partial charge in [0.2, 0.25) is 0 Å². The minimum absolute atomic E-state index is 0.0699. The molecule has 1 saturated heterocycles. The average molecular weight is 332 g/mol. The van der Waals surface area contributed by atoms with Crippen LogP contribution in [0.5, 0.6) is 0 Å². The van der Waals surface area contributed by atoms with E-state index in [1.54, 1.807) is 0 Å². The first kappa shape index (κ1) is 16.5. The third-order valence-corrected chi connectivity index (χ3v) is 8.17. The maximum Gasteiger partial charge on any atom is 0.146 e. The Morgan fingerprint density at radius 1 is 1.33 bits per heavy atom. The number of rotatable bonds is 3. The van der Waals surface area contributed by atoms with Crippen LogP contribution < -0.4 is 0 Å². The highest BCUT2D eigenvalue weighted by atomic mass is 16.6. The number of Topliss-reactive ketones (excluding diaryl/α,β-unsaturated/α-hetero) is 1. The molecule has 3 fully saturated rings. The van der Waals surface area contributed by atoms with Gasteiger partial charge in [-0.1, -0.05) is 26.8 Å². The third-order valence-electron chi connectivity index (χ3n) is 8.17. The zero-order chi connectivity index (χ0) is 17.4. The van der Waals surface area contributed by atoms with Crippen molar-refractivity contribution in [1.82, 2.24) is 0 Å². The van der Waals surface area contributed by atoms with E-state index in [1.165, 1.54) is 0 Å². The van der Waals surface area contributed by atoms with Crippen molar-refractivity contribution in [2.75, 3.05) is 6.61 Å². The molecular weight excluding hydrogens is 304 g/mol. The standard InChI is InChI=1S/C20H28O4/c1-13(11-21)19-9-7-17(2)6-8-18(3)15(20(17,19)24-19)5-4-14(12-22)10-16(18)23/h4,12-13,15,21H,5-11H2,1-3H3/t13?,15-,17-,18+,19+,20+/m0/s1. The van der Waals surface area contributed by atoms with Gasteiger partial charge in [-0.25, -0.2) is 0 Å². The Labute approximate surface area is 143 Å². The summed E-state index contributed by atoms with van der Waals surface area (Å²) in [7, 11) is 0. The van der Waals surface area contributed by atoms with E-state index in [9.17, 15) is 14.7 Å². The molecule has 0 radical (unpaired) electrons. The topological polar surface area (TPSA) is 66.9 Å². The number of fused-ring (bicyclic) bond motifs is 1. The molecule has 0 amide bonds. The highest BCUT2D eigenvalue weighted by molar-refractivity contribution is 5.93. The lowest BCUT2D eigenvalue weighted by atomic mass is 9.50. The van der Waals surface area contributed by atoms with E-state index in [-0.39, 0.29) is 47.3 Å². The lowest BCUT2D eigenvalue weighted by Gasteiger charge is -2.51. The molecule has 24 heavy (non-hydrogen) atoms. The van der Waals surface area contributed by atoms with Crippen molar-refractivity contribution in [3.63, 3.8) is 0 Å². The summed E-state index contributed by atoms with van der Waals surface area (Å²) in [6, 6.07) is 0. The fourth-order valence-corrected chi connectivity index (χ4v) is 6.47. The summed E-state index contributed by atoms with van der Waals surface area (Å²) in [6.45, 7) is 6.58.